The van der Waals surface area contributed by atoms with E-state index in [2.05, 4.69) is 50.3 Å². The molecule has 2 rings (SSSR count). The van der Waals surface area contributed by atoms with Crippen LogP contribution >= 0.6 is 11.8 Å². The van der Waals surface area contributed by atoms with Crippen LogP contribution in [0.25, 0.3) is 6.08 Å². The highest BCUT2D eigenvalue weighted by molar-refractivity contribution is 7.99. The largest absolute Gasteiger partial charge is 0.496 e. The van der Waals surface area contributed by atoms with Crippen molar-refractivity contribution < 1.29 is 14.3 Å². The summed E-state index contributed by atoms with van der Waals surface area (Å²) < 4.78 is 10.6. The molecule has 0 heterocycles. The Morgan fingerprint density at radius 3 is 2.50 bits per heavy atom. The van der Waals surface area contributed by atoms with Crippen molar-refractivity contribution in [3.63, 3.8) is 0 Å². The lowest BCUT2D eigenvalue weighted by atomic mass is 10.0. The van der Waals surface area contributed by atoms with Crippen LogP contribution in [0.15, 0.2) is 48.5 Å². The number of carbonyl (C=O) groups is 1. The second-order valence-corrected chi connectivity index (χ2v) is 7.33. The minimum atomic E-state index is -0.239. The zero-order valence-electron chi connectivity index (χ0n) is 15.8. The highest BCUT2D eigenvalue weighted by Crippen LogP contribution is 2.32. The average Bonchev–Trinajstić information content (AvgIpc) is 2.64. The van der Waals surface area contributed by atoms with Crippen LogP contribution in [0.1, 0.15) is 34.4 Å². The monoisotopic (exact) mass is 370 g/mol. The smallest absolute Gasteiger partial charge is 0.302 e. The van der Waals surface area contributed by atoms with E-state index in [1.54, 1.807) is 18.9 Å². The standard InChI is InChI=1S/C22H26O3S/c1-16-14-20(21(24-4)15-17(16)2)10-11-22(19-8-6-5-7-9-19)26-13-12-25-18(3)23/h5-11,14-15,22H,12-13H2,1-4H3/b11-10+. The molecule has 0 aliphatic heterocycles. The van der Waals surface area contributed by atoms with Gasteiger partial charge in [0.25, 0.3) is 0 Å². The van der Waals surface area contributed by atoms with Crippen molar-refractivity contribution in [2.45, 2.75) is 26.0 Å². The van der Waals surface area contributed by atoms with Crippen LogP contribution in [0.5, 0.6) is 5.75 Å². The molecule has 138 valence electrons. The third kappa shape index (κ3) is 5.95. The van der Waals surface area contributed by atoms with Crippen molar-refractivity contribution in [3.05, 3.63) is 70.8 Å². The van der Waals surface area contributed by atoms with Gasteiger partial charge in [0.15, 0.2) is 0 Å². The maximum absolute atomic E-state index is 10.9. The molecule has 0 aromatic heterocycles. The molecule has 3 nitrogen and oxygen atoms in total. The van der Waals surface area contributed by atoms with Gasteiger partial charge in [0.2, 0.25) is 0 Å². The molecule has 1 atom stereocenters. The summed E-state index contributed by atoms with van der Waals surface area (Å²) in [5, 5.41) is 0.179. The van der Waals surface area contributed by atoms with Gasteiger partial charge in [-0.3, -0.25) is 4.79 Å². The number of benzene rings is 2. The molecule has 0 bridgehead atoms. The number of hydrogen-bond acceptors (Lipinski definition) is 4. The fourth-order valence-electron chi connectivity index (χ4n) is 2.58. The van der Waals surface area contributed by atoms with Crippen molar-refractivity contribution in [2.24, 2.45) is 0 Å². The summed E-state index contributed by atoms with van der Waals surface area (Å²) in [4.78, 5) is 10.9. The predicted octanol–water partition coefficient (Wildman–Crippen LogP) is 5.36. The highest BCUT2D eigenvalue weighted by Gasteiger charge is 2.10. The molecule has 0 fully saturated rings. The van der Waals surface area contributed by atoms with Gasteiger partial charge in [0, 0.05) is 23.5 Å². The third-order valence-electron chi connectivity index (χ3n) is 4.11. The van der Waals surface area contributed by atoms with Crippen LogP contribution in [0, 0.1) is 13.8 Å². The molecule has 26 heavy (non-hydrogen) atoms. The first-order valence-electron chi connectivity index (χ1n) is 8.64. The van der Waals surface area contributed by atoms with E-state index in [1.807, 2.05) is 18.2 Å². The molecule has 0 aliphatic rings. The molecule has 2 aromatic rings. The third-order valence-corrected chi connectivity index (χ3v) is 5.30. The normalized spacial score (nSPS) is 12.2. The zero-order chi connectivity index (χ0) is 18.9. The summed E-state index contributed by atoms with van der Waals surface area (Å²) in [5.74, 6) is 1.38. The van der Waals surface area contributed by atoms with Crippen LogP contribution in [0.3, 0.4) is 0 Å². The molecule has 0 saturated heterocycles. The minimum Gasteiger partial charge on any atom is -0.496 e. The van der Waals surface area contributed by atoms with E-state index in [4.69, 9.17) is 9.47 Å². The maximum atomic E-state index is 10.9. The van der Waals surface area contributed by atoms with Crippen molar-refractivity contribution in [3.8, 4) is 5.75 Å². The van der Waals surface area contributed by atoms with Crippen LogP contribution < -0.4 is 4.74 Å². The van der Waals surface area contributed by atoms with E-state index in [1.165, 1.54) is 23.6 Å². The Bertz CT molecular complexity index is 753. The fraction of sp³-hybridized carbons (Fsp3) is 0.318. The molecular formula is C22H26O3S. The summed E-state index contributed by atoms with van der Waals surface area (Å²) in [6.45, 7) is 6.05. The number of esters is 1. The lowest BCUT2D eigenvalue weighted by Gasteiger charge is -2.14. The molecule has 0 spiro atoms. The van der Waals surface area contributed by atoms with Crippen LogP contribution in [0.2, 0.25) is 0 Å². The van der Waals surface area contributed by atoms with Gasteiger partial charge in [-0.2, -0.15) is 0 Å². The van der Waals surface area contributed by atoms with Gasteiger partial charge in [0.1, 0.15) is 12.4 Å². The predicted molar refractivity (Wildman–Crippen MR) is 110 cm³/mol. The van der Waals surface area contributed by atoms with E-state index in [0.29, 0.717) is 6.61 Å². The molecule has 4 heteroatoms. The molecule has 1 unspecified atom stereocenters. The first-order chi connectivity index (χ1) is 12.5. The second-order valence-electron chi connectivity index (χ2n) is 6.08. The van der Waals surface area contributed by atoms with E-state index in [9.17, 15) is 4.79 Å². The Hall–Kier alpha value is -2.20. The van der Waals surface area contributed by atoms with Gasteiger partial charge in [-0.25, -0.2) is 0 Å². The molecule has 0 saturated carbocycles. The molecule has 2 aromatic carbocycles. The molecule has 0 amide bonds. The number of hydrogen-bond donors (Lipinski definition) is 0. The molecule has 0 N–H and O–H groups in total. The van der Waals surface area contributed by atoms with Crippen LogP contribution in [-0.2, 0) is 9.53 Å². The number of aryl methyl sites for hydroxylation is 2. The van der Waals surface area contributed by atoms with Crippen molar-refractivity contribution in [2.75, 3.05) is 19.5 Å². The van der Waals surface area contributed by atoms with Crippen molar-refractivity contribution in [1.82, 2.24) is 0 Å². The number of ether oxygens (including phenoxy) is 2. The van der Waals surface area contributed by atoms with Crippen LogP contribution in [-0.4, -0.2) is 25.4 Å². The van der Waals surface area contributed by atoms with Gasteiger partial charge in [-0.05, 0) is 42.7 Å². The van der Waals surface area contributed by atoms with Crippen LogP contribution in [0.4, 0.5) is 0 Å². The van der Waals surface area contributed by atoms with E-state index < -0.39 is 0 Å². The number of carbonyl (C=O) groups excluding carboxylic acids is 1. The zero-order valence-corrected chi connectivity index (χ0v) is 16.6. The maximum Gasteiger partial charge on any atom is 0.302 e. The van der Waals surface area contributed by atoms with Crippen molar-refractivity contribution in [1.29, 1.82) is 0 Å². The van der Waals surface area contributed by atoms with Gasteiger partial charge in [-0.15, -0.1) is 11.8 Å². The summed E-state index contributed by atoms with van der Waals surface area (Å²) in [6, 6.07) is 14.5. The average molecular weight is 371 g/mol. The Kier molecular flexibility index (Phi) is 7.79. The molecule has 0 aliphatic carbocycles. The first-order valence-corrected chi connectivity index (χ1v) is 9.69. The summed E-state index contributed by atoms with van der Waals surface area (Å²) >= 11 is 1.75. The molecular weight excluding hydrogens is 344 g/mol. The number of rotatable bonds is 8. The fourth-order valence-corrected chi connectivity index (χ4v) is 3.55. The summed E-state index contributed by atoms with van der Waals surface area (Å²) in [7, 11) is 1.70. The number of methoxy groups -OCH3 is 1. The minimum absolute atomic E-state index is 0.179. The Morgan fingerprint density at radius 2 is 1.85 bits per heavy atom. The van der Waals surface area contributed by atoms with E-state index in [-0.39, 0.29) is 11.2 Å². The quantitative estimate of drug-likeness (QED) is 0.463. The Labute approximate surface area is 160 Å². The Morgan fingerprint density at radius 1 is 1.15 bits per heavy atom. The summed E-state index contributed by atoms with van der Waals surface area (Å²) in [6.07, 6.45) is 4.29. The number of thioether (sulfide) groups is 1. The van der Waals surface area contributed by atoms with E-state index >= 15 is 0 Å². The second kappa shape index (κ2) is 10.1. The highest BCUT2D eigenvalue weighted by atomic mass is 32.2. The van der Waals surface area contributed by atoms with Gasteiger partial charge >= 0.3 is 5.97 Å². The van der Waals surface area contributed by atoms with Gasteiger partial charge in [-0.1, -0.05) is 42.5 Å². The van der Waals surface area contributed by atoms with E-state index in [0.717, 1.165) is 17.1 Å². The molecule has 0 radical (unpaired) electrons. The van der Waals surface area contributed by atoms with Crippen molar-refractivity contribution >= 4 is 23.8 Å². The topological polar surface area (TPSA) is 35.5 Å². The summed E-state index contributed by atoms with van der Waals surface area (Å²) in [5.41, 5.74) is 4.75. The first kappa shape index (κ1) is 20.1. The van der Waals surface area contributed by atoms with Gasteiger partial charge < -0.3 is 9.47 Å². The lowest BCUT2D eigenvalue weighted by molar-refractivity contribution is -0.140. The van der Waals surface area contributed by atoms with Gasteiger partial charge in [0.05, 0.1) is 7.11 Å². The Balaban J connectivity index is 2.19. The lowest BCUT2D eigenvalue weighted by Crippen LogP contribution is -2.03. The SMILES string of the molecule is COc1cc(C)c(C)cc1/C=C/C(SCCOC(C)=O)c1ccccc1.